The van der Waals surface area contributed by atoms with Crippen LogP contribution in [0.15, 0.2) is 48.5 Å². The van der Waals surface area contributed by atoms with E-state index < -0.39 is 11.7 Å². The summed E-state index contributed by atoms with van der Waals surface area (Å²) in [6, 6.07) is 15.6. The summed E-state index contributed by atoms with van der Waals surface area (Å²) in [4.78, 5) is 28.4. The predicted molar refractivity (Wildman–Crippen MR) is 97.1 cm³/mol. The van der Waals surface area contributed by atoms with Gasteiger partial charge in [0, 0.05) is 20.0 Å². The van der Waals surface area contributed by atoms with E-state index in [-0.39, 0.29) is 6.42 Å². The Morgan fingerprint density at radius 3 is 2.60 bits per heavy atom. The van der Waals surface area contributed by atoms with Crippen molar-refractivity contribution in [2.75, 3.05) is 0 Å². The Morgan fingerprint density at radius 2 is 1.84 bits per heavy atom. The number of aromatic nitrogens is 2. The summed E-state index contributed by atoms with van der Waals surface area (Å²) >= 11 is 0. The highest BCUT2D eigenvalue weighted by Crippen LogP contribution is 2.16. The van der Waals surface area contributed by atoms with Crippen molar-refractivity contribution in [3.63, 3.8) is 0 Å². The molecule has 0 aliphatic heterocycles. The zero-order chi connectivity index (χ0) is 17.8. The third-order valence-corrected chi connectivity index (χ3v) is 4.36. The number of carbonyl (C=O) groups is 2. The van der Waals surface area contributed by atoms with E-state index in [4.69, 9.17) is 0 Å². The van der Waals surface area contributed by atoms with Gasteiger partial charge in [0.25, 0.3) is 5.91 Å². The Morgan fingerprint density at radius 1 is 1.08 bits per heavy atom. The van der Waals surface area contributed by atoms with E-state index in [1.54, 1.807) is 0 Å². The van der Waals surface area contributed by atoms with Gasteiger partial charge in [-0.1, -0.05) is 36.4 Å². The Hall–Kier alpha value is -2.95. The highest BCUT2D eigenvalue weighted by atomic mass is 16.2. The summed E-state index contributed by atoms with van der Waals surface area (Å²) in [5, 5.41) is 2.70. The van der Waals surface area contributed by atoms with Gasteiger partial charge in [-0.15, -0.1) is 0 Å². The molecule has 1 amide bonds. The maximum atomic E-state index is 12.0. The minimum absolute atomic E-state index is 0.217. The lowest BCUT2D eigenvalue weighted by atomic mass is 10.1. The number of hydrogen-bond acceptors (Lipinski definition) is 3. The minimum atomic E-state index is -0.534. The first-order chi connectivity index (χ1) is 12.0. The van der Waals surface area contributed by atoms with Crippen molar-refractivity contribution < 1.29 is 9.59 Å². The summed E-state index contributed by atoms with van der Waals surface area (Å²) in [5.74, 6) is 0.0131. The first-order valence-electron chi connectivity index (χ1n) is 8.31. The number of amides is 1. The van der Waals surface area contributed by atoms with Gasteiger partial charge in [-0.3, -0.25) is 9.59 Å². The molecule has 0 bridgehead atoms. The number of Topliss-reactive ketones (excluding diaryl/α,β-unsaturated/α-hetero) is 1. The fourth-order valence-corrected chi connectivity index (χ4v) is 2.77. The van der Waals surface area contributed by atoms with Gasteiger partial charge in [0.1, 0.15) is 5.82 Å². The summed E-state index contributed by atoms with van der Waals surface area (Å²) in [5.41, 5.74) is 3.92. The molecule has 0 aliphatic rings. The Bertz CT molecular complexity index is 913. The van der Waals surface area contributed by atoms with Crippen LogP contribution in [0.3, 0.4) is 0 Å². The highest BCUT2D eigenvalue weighted by Gasteiger charge is 2.13. The van der Waals surface area contributed by atoms with Gasteiger partial charge >= 0.3 is 0 Å². The second-order valence-corrected chi connectivity index (χ2v) is 6.13. The average Bonchev–Trinajstić information content (AvgIpc) is 2.92. The molecule has 0 fully saturated rings. The van der Waals surface area contributed by atoms with Gasteiger partial charge in [-0.05, 0) is 36.6 Å². The molecular weight excluding hydrogens is 314 g/mol. The number of nitrogens with one attached hydrogen (secondary N) is 1. The molecule has 3 rings (SSSR count). The normalized spacial score (nSPS) is 10.8. The number of ketones is 1. The minimum Gasteiger partial charge on any atom is -0.345 e. The number of imidazole rings is 1. The van der Waals surface area contributed by atoms with Crippen LogP contribution in [0, 0.1) is 6.92 Å². The van der Waals surface area contributed by atoms with Crippen molar-refractivity contribution in [1.82, 2.24) is 14.9 Å². The molecule has 5 nitrogen and oxygen atoms in total. The van der Waals surface area contributed by atoms with Crippen LogP contribution < -0.4 is 5.32 Å². The van der Waals surface area contributed by atoms with E-state index in [0.29, 0.717) is 13.0 Å². The van der Waals surface area contributed by atoms with Gasteiger partial charge < -0.3 is 9.88 Å². The number of carbonyl (C=O) groups excluding carboxylic acids is 2. The fourth-order valence-electron chi connectivity index (χ4n) is 2.77. The summed E-state index contributed by atoms with van der Waals surface area (Å²) in [7, 11) is 1.97. The van der Waals surface area contributed by atoms with Crippen LogP contribution in [0.1, 0.15) is 23.4 Å². The van der Waals surface area contributed by atoms with Gasteiger partial charge in [0.2, 0.25) is 5.78 Å². The van der Waals surface area contributed by atoms with E-state index in [2.05, 4.69) is 10.3 Å². The number of rotatable bonds is 6. The first-order valence-corrected chi connectivity index (χ1v) is 8.31. The second-order valence-electron chi connectivity index (χ2n) is 6.13. The molecule has 0 saturated heterocycles. The standard InChI is InChI=1S/C20H21N3O2/c1-14-22-17-12-16(8-10-18(17)23(14)2)13-21-20(25)19(24)11-9-15-6-4-3-5-7-15/h3-8,10,12H,9,11,13H2,1-2H3,(H,21,25). The Balaban J connectivity index is 1.55. The van der Waals surface area contributed by atoms with Crippen molar-refractivity contribution in [2.24, 2.45) is 7.05 Å². The third-order valence-electron chi connectivity index (χ3n) is 4.36. The van der Waals surface area contributed by atoms with Crippen molar-refractivity contribution in [3.8, 4) is 0 Å². The fraction of sp³-hybridized carbons (Fsp3) is 0.250. The number of fused-ring (bicyclic) bond motifs is 1. The van der Waals surface area contributed by atoms with E-state index >= 15 is 0 Å². The van der Waals surface area contributed by atoms with Crippen molar-refractivity contribution >= 4 is 22.7 Å². The zero-order valence-corrected chi connectivity index (χ0v) is 14.5. The number of benzene rings is 2. The number of aryl methyl sites for hydroxylation is 3. The Labute approximate surface area is 146 Å². The molecule has 0 spiro atoms. The van der Waals surface area contributed by atoms with Crippen LogP contribution in [0.5, 0.6) is 0 Å². The van der Waals surface area contributed by atoms with Crippen LogP contribution in [-0.2, 0) is 29.6 Å². The van der Waals surface area contributed by atoms with Crippen molar-refractivity contribution in [2.45, 2.75) is 26.3 Å². The molecular formula is C20H21N3O2. The maximum absolute atomic E-state index is 12.0. The molecule has 5 heteroatoms. The molecule has 1 N–H and O–H groups in total. The topological polar surface area (TPSA) is 64.0 Å². The lowest BCUT2D eigenvalue weighted by Gasteiger charge is -2.05. The molecule has 0 saturated carbocycles. The Kier molecular flexibility index (Phi) is 4.93. The summed E-state index contributed by atoms with van der Waals surface area (Å²) in [6.07, 6.45) is 0.792. The smallest absolute Gasteiger partial charge is 0.287 e. The molecule has 1 heterocycles. The average molecular weight is 335 g/mol. The van der Waals surface area contributed by atoms with Crippen molar-refractivity contribution in [3.05, 3.63) is 65.5 Å². The highest BCUT2D eigenvalue weighted by molar-refractivity contribution is 6.36. The number of hydrogen-bond donors (Lipinski definition) is 1. The molecule has 1 aromatic heterocycles. The largest absolute Gasteiger partial charge is 0.345 e. The van der Waals surface area contributed by atoms with Crippen LogP contribution in [0.2, 0.25) is 0 Å². The molecule has 0 atom stereocenters. The summed E-state index contributed by atoms with van der Waals surface area (Å²) in [6.45, 7) is 2.27. The summed E-state index contributed by atoms with van der Waals surface area (Å²) < 4.78 is 2.02. The lowest BCUT2D eigenvalue weighted by Crippen LogP contribution is -2.30. The van der Waals surface area contributed by atoms with Gasteiger partial charge in [-0.25, -0.2) is 4.98 Å². The maximum Gasteiger partial charge on any atom is 0.287 e. The third kappa shape index (κ3) is 3.94. The molecule has 25 heavy (non-hydrogen) atoms. The van der Waals surface area contributed by atoms with Crippen LogP contribution in [-0.4, -0.2) is 21.2 Å². The van der Waals surface area contributed by atoms with Gasteiger partial charge in [0.15, 0.2) is 0 Å². The molecule has 128 valence electrons. The monoisotopic (exact) mass is 335 g/mol. The second kappa shape index (κ2) is 7.30. The van der Waals surface area contributed by atoms with Crippen LogP contribution >= 0.6 is 0 Å². The molecule has 0 aliphatic carbocycles. The van der Waals surface area contributed by atoms with E-state index in [9.17, 15) is 9.59 Å². The van der Waals surface area contributed by atoms with Crippen LogP contribution in [0.4, 0.5) is 0 Å². The van der Waals surface area contributed by atoms with E-state index in [1.807, 2.05) is 67.1 Å². The van der Waals surface area contributed by atoms with Crippen LogP contribution in [0.25, 0.3) is 11.0 Å². The predicted octanol–water partition coefficient (Wildman–Crippen LogP) is 2.70. The van der Waals surface area contributed by atoms with Gasteiger partial charge in [0.05, 0.1) is 11.0 Å². The van der Waals surface area contributed by atoms with E-state index in [0.717, 1.165) is 28.0 Å². The first kappa shape index (κ1) is 16.9. The zero-order valence-electron chi connectivity index (χ0n) is 14.5. The molecule has 3 aromatic rings. The lowest BCUT2D eigenvalue weighted by molar-refractivity contribution is -0.138. The van der Waals surface area contributed by atoms with Gasteiger partial charge in [-0.2, -0.15) is 0 Å². The quantitative estimate of drug-likeness (QED) is 0.705. The van der Waals surface area contributed by atoms with Crippen molar-refractivity contribution in [1.29, 1.82) is 0 Å². The SMILES string of the molecule is Cc1nc2cc(CNC(=O)C(=O)CCc3ccccc3)ccc2n1C. The molecule has 0 unspecified atom stereocenters. The number of nitrogens with zero attached hydrogens (tertiary/aromatic N) is 2. The molecule has 2 aromatic carbocycles. The van der Waals surface area contributed by atoms with E-state index in [1.165, 1.54) is 0 Å². The molecule has 0 radical (unpaired) electrons.